The number of rotatable bonds is 7. The standard InChI is InChI=1S/C22H28N2O3/c1-3-4-5-6-17-21(15-7-10-18-19(13-15)27-12-11-26-18)20(22(23)25)14(2)24(17)16-8-9-16/h7,10,13,16H,3-6,8-9,11-12H2,1-2H3,(H2,23,25). The first-order chi connectivity index (χ1) is 13.1. The number of unbranched alkanes of at least 4 members (excludes halogenated alkanes) is 2. The van der Waals surface area contributed by atoms with Gasteiger partial charge in [-0.1, -0.05) is 25.8 Å². The zero-order valence-electron chi connectivity index (χ0n) is 16.2. The van der Waals surface area contributed by atoms with Gasteiger partial charge in [0.05, 0.1) is 5.56 Å². The molecule has 0 atom stereocenters. The molecule has 2 N–H and O–H groups in total. The van der Waals surface area contributed by atoms with E-state index in [9.17, 15) is 4.79 Å². The van der Waals surface area contributed by atoms with Crippen LogP contribution >= 0.6 is 0 Å². The number of aromatic nitrogens is 1. The molecule has 0 bridgehead atoms. The molecule has 1 saturated carbocycles. The van der Waals surface area contributed by atoms with Crippen molar-refractivity contribution in [2.24, 2.45) is 5.73 Å². The summed E-state index contributed by atoms with van der Waals surface area (Å²) in [6, 6.07) is 6.46. The summed E-state index contributed by atoms with van der Waals surface area (Å²) < 4.78 is 13.8. The molecule has 0 unspecified atom stereocenters. The van der Waals surface area contributed by atoms with Crippen LogP contribution in [0.2, 0.25) is 0 Å². The van der Waals surface area contributed by atoms with Gasteiger partial charge < -0.3 is 19.8 Å². The summed E-state index contributed by atoms with van der Waals surface area (Å²) >= 11 is 0. The SMILES string of the molecule is CCCCCc1c(-c2ccc3c(c2)OCCO3)c(C(N)=O)c(C)n1C1CC1. The van der Waals surface area contributed by atoms with Gasteiger partial charge in [0, 0.05) is 23.0 Å². The van der Waals surface area contributed by atoms with E-state index in [1.807, 2.05) is 25.1 Å². The van der Waals surface area contributed by atoms with Crippen molar-refractivity contribution < 1.29 is 14.3 Å². The maximum Gasteiger partial charge on any atom is 0.251 e. The van der Waals surface area contributed by atoms with Gasteiger partial charge in [-0.25, -0.2) is 0 Å². The molecule has 1 aromatic heterocycles. The number of nitrogens with two attached hydrogens (primary N) is 1. The third-order valence-corrected chi connectivity index (χ3v) is 5.56. The van der Waals surface area contributed by atoms with Crippen molar-refractivity contribution >= 4 is 5.91 Å². The van der Waals surface area contributed by atoms with Gasteiger partial charge in [-0.2, -0.15) is 0 Å². The van der Waals surface area contributed by atoms with Gasteiger partial charge >= 0.3 is 0 Å². The van der Waals surface area contributed by atoms with Crippen LogP contribution < -0.4 is 15.2 Å². The van der Waals surface area contributed by atoms with Crippen molar-refractivity contribution in [1.29, 1.82) is 0 Å². The molecule has 0 spiro atoms. The molecule has 4 rings (SSSR count). The molecule has 0 radical (unpaired) electrons. The Balaban J connectivity index is 1.86. The molecule has 27 heavy (non-hydrogen) atoms. The Morgan fingerprint density at radius 1 is 1.19 bits per heavy atom. The summed E-state index contributed by atoms with van der Waals surface area (Å²) in [6.45, 7) is 5.36. The van der Waals surface area contributed by atoms with E-state index in [0.29, 0.717) is 24.8 Å². The molecule has 2 aliphatic rings. The molecule has 1 aromatic carbocycles. The second-order valence-corrected chi connectivity index (χ2v) is 7.56. The van der Waals surface area contributed by atoms with Crippen LogP contribution in [0.5, 0.6) is 11.5 Å². The summed E-state index contributed by atoms with van der Waals surface area (Å²) in [5, 5.41) is 0. The molecule has 5 heteroatoms. The molecule has 5 nitrogen and oxygen atoms in total. The van der Waals surface area contributed by atoms with Gasteiger partial charge in [0.25, 0.3) is 5.91 Å². The van der Waals surface area contributed by atoms with Crippen molar-refractivity contribution in [3.8, 4) is 22.6 Å². The second kappa shape index (κ2) is 7.29. The Labute approximate surface area is 160 Å². The van der Waals surface area contributed by atoms with Gasteiger partial charge in [-0.3, -0.25) is 4.79 Å². The van der Waals surface area contributed by atoms with Crippen molar-refractivity contribution in [2.45, 2.75) is 58.4 Å². The van der Waals surface area contributed by atoms with Gasteiger partial charge in [0.2, 0.25) is 0 Å². The summed E-state index contributed by atoms with van der Waals surface area (Å²) in [5.41, 5.74) is 10.7. The fourth-order valence-corrected chi connectivity index (χ4v) is 4.19. The number of carbonyl (C=O) groups is 1. The van der Waals surface area contributed by atoms with Crippen LogP contribution in [0.1, 0.15) is 66.8 Å². The first-order valence-corrected chi connectivity index (χ1v) is 10.0. The number of primary amides is 1. The highest BCUT2D eigenvalue weighted by molar-refractivity contribution is 6.02. The number of hydrogen-bond acceptors (Lipinski definition) is 3. The van der Waals surface area contributed by atoms with Crippen molar-refractivity contribution in [3.63, 3.8) is 0 Å². The molecule has 2 aromatic rings. The lowest BCUT2D eigenvalue weighted by molar-refractivity contribution is 0.1000. The Bertz CT molecular complexity index is 865. The average molecular weight is 368 g/mol. The summed E-state index contributed by atoms with van der Waals surface area (Å²) in [7, 11) is 0. The molecule has 1 fully saturated rings. The molecule has 1 aliphatic heterocycles. The van der Waals surface area contributed by atoms with Crippen molar-refractivity contribution in [3.05, 3.63) is 35.2 Å². The normalized spacial score (nSPS) is 15.8. The lowest BCUT2D eigenvalue weighted by atomic mass is 9.97. The summed E-state index contributed by atoms with van der Waals surface area (Å²) in [5.74, 6) is 1.15. The van der Waals surface area contributed by atoms with E-state index in [4.69, 9.17) is 15.2 Å². The topological polar surface area (TPSA) is 66.5 Å². The lowest BCUT2D eigenvalue weighted by Gasteiger charge is -2.19. The van der Waals surface area contributed by atoms with Gasteiger partial charge in [-0.05, 0) is 50.3 Å². The second-order valence-electron chi connectivity index (χ2n) is 7.56. The Morgan fingerprint density at radius 3 is 2.59 bits per heavy atom. The minimum atomic E-state index is -0.353. The number of carbonyl (C=O) groups excluding carboxylic acids is 1. The molecule has 1 amide bonds. The zero-order valence-corrected chi connectivity index (χ0v) is 16.2. The monoisotopic (exact) mass is 368 g/mol. The molecular weight excluding hydrogens is 340 g/mol. The zero-order chi connectivity index (χ0) is 19.0. The third kappa shape index (κ3) is 3.31. The number of hydrogen-bond donors (Lipinski definition) is 1. The van der Waals surface area contributed by atoms with Crippen LogP contribution in [0.15, 0.2) is 18.2 Å². The van der Waals surface area contributed by atoms with E-state index in [0.717, 1.165) is 41.2 Å². The highest BCUT2D eigenvalue weighted by Gasteiger charge is 2.33. The van der Waals surface area contributed by atoms with Crippen LogP contribution in [0.3, 0.4) is 0 Å². The van der Waals surface area contributed by atoms with E-state index >= 15 is 0 Å². The number of nitrogens with zero attached hydrogens (tertiary/aromatic N) is 1. The number of amides is 1. The van der Waals surface area contributed by atoms with Crippen LogP contribution in [0.4, 0.5) is 0 Å². The lowest BCUT2D eigenvalue weighted by Crippen LogP contribution is -2.15. The first kappa shape index (κ1) is 18.0. The van der Waals surface area contributed by atoms with Gasteiger partial charge in [0.15, 0.2) is 11.5 Å². The largest absolute Gasteiger partial charge is 0.486 e. The van der Waals surface area contributed by atoms with Crippen LogP contribution in [-0.2, 0) is 6.42 Å². The minimum absolute atomic E-state index is 0.353. The highest BCUT2D eigenvalue weighted by atomic mass is 16.6. The Hall–Kier alpha value is -2.43. The molecule has 1 aliphatic carbocycles. The maximum absolute atomic E-state index is 12.4. The summed E-state index contributed by atoms with van der Waals surface area (Å²) in [6.07, 6.45) is 6.78. The van der Waals surface area contributed by atoms with E-state index in [1.54, 1.807) is 0 Å². The number of benzene rings is 1. The average Bonchev–Trinajstić information content (AvgIpc) is 3.45. The first-order valence-electron chi connectivity index (χ1n) is 10.0. The fourth-order valence-electron chi connectivity index (χ4n) is 4.19. The maximum atomic E-state index is 12.4. The Kier molecular flexibility index (Phi) is 4.85. The van der Waals surface area contributed by atoms with Crippen molar-refractivity contribution in [2.75, 3.05) is 13.2 Å². The van der Waals surface area contributed by atoms with Crippen LogP contribution in [-0.4, -0.2) is 23.7 Å². The van der Waals surface area contributed by atoms with E-state index in [1.165, 1.54) is 31.4 Å². The predicted molar refractivity (Wildman–Crippen MR) is 106 cm³/mol. The minimum Gasteiger partial charge on any atom is -0.486 e. The quantitative estimate of drug-likeness (QED) is 0.737. The van der Waals surface area contributed by atoms with Crippen LogP contribution in [0, 0.1) is 6.92 Å². The van der Waals surface area contributed by atoms with E-state index < -0.39 is 0 Å². The fraction of sp³-hybridized carbons (Fsp3) is 0.500. The number of ether oxygens (including phenoxy) is 2. The van der Waals surface area contributed by atoms with E-state index in [2.05, 4.69) is 11.5 Å². The molecule has 2 heterocycles. The smallest absolute Gasteiger partial charge is 0.251 e. The summed E-state index contributed by atoms with van der Waals surface area (Å²) in [4.78, 5) is 12.4. The van der Waals surface area contributed by atoms with Gasteiger partial charge in [0.1, 0.15) is 13.2 Å². The number of fused-ring (bicyclic) bond motifs is 1. The molecule has 0 saturated heterocycles. The Morgan fingerprint density at radius 2 is 1.93 bits per heavy atom. The third-order valence-electron chi connectivity index (χ3n) is 5.56. The highest BCUT2D eigenvalue weighted by Crippen LogP contribution is 2.45. The van der Waals surface area contributed by atoms with Gasteiger partial charge in [-0.15, -0.1) is 0 Å². The van der Waals surface area contributed by atoms with E-state index in [-0.39, 0.29) is 5.91 Å². The predicted octanol–water partition coefficient (Wildman–Crippen LogP) is 4.40. The molecule has 144 valence electrons. The van der Waals surface area contributed by atoms with Crippen LogP contribution in [0.25, 0.3) is 11.1 Å². The molecular formula is C22H28N2O3. The van der Waals surface area contributed by atoms with Crippen molar-refractivity contribution in [1.82, 2.24) is 4.57 Å².